The molecule has 0 spiro atoms. The van der Waals surface area contributed by atoms with Crippen molar-refractivity contribution in [3.05, 3.63) is 12.7 Å². The van der Waals surface area contributed by atoms with Gasteiger partial charge in [0.2, 0.25) is 0 Å². The predicted octanol–water partition coefficient (Wildman–Crippen LogP) is 10.8. The Hall–Kier alpha value is -0.260. The predicted molar refractivity (Wildman–Crippen MR) is 131 cm³/mol. The summed E-state index contributed by atoms with van der Waals surface area (Å²) < 4.78 is 0. The van der Waals surface area contributed by atoms with E-state index in [0.29, 0.717) is 0 Å². The van der Waals surface area contributed by atoms with Crippen LogP contribution >= 0.6 is 0 Å². The van der Waals surface area contributed by atoms with Crippen LogP contribution in [-0.2, 0) is 0 Å². The molecule has 0 radical (unpaired) electrons. The SMILES string of the molecule is C=CCCCCCCCC(CCCCCCCCC)CCCCCCCCC. The van der Waals surface area contributed by atoms with Gasteiger partial charge < -0.3 is 0 Å². The Bertz CT molecular complexity index is 262. The molecule has 0 atom stereocenters. The molecule has 0 fully saturated rings. The lowest BCUT2D eigenvalue weighted by Gasteiger charge is -2.17. The molecular weight excluding hydrogens is 336 g/mol. The van der Waals surface area contributed by atoms with Crippen LogP contribution in [0.2, 0.25) is 0 Å². The van der Waals surface area contributed by atoms with Crippen molar-refractivity contribution in [3.63, 3.8) is 0 Å². The number of hydrogen-bond acceptors (Lipinski definition) is 0. The maximum atomic E-state index is 3.83. The average Bonchev–Trinajstić information content (AvgIpc) is 2.71. The molecule has 0 heteroatoms. The third kappa shape index (κ3) is 22.0. The van der Waals surface area contributed by atoms with E-state index >= 15 is 0 Å². The zero-order chi connectivity index (χ0) is 20.5. The van der Waals surface area contributed by atoms with Gasteiger partial charge in [-0.2, -0.15) is 0 Å². The molecule has 28 heavy (non-hydrogen) atoms. The molecule has 0 N–H and O–H groups in total. The lowest BCUT2D eigenvalue weighted by Crippen LogP contribution is -2.01. The van der Waals surface area contributed by atoms with Gasteiger partial charge in [-0.1, -0.05) is 155 Å². The van der Waals surface area contributed by atoms with Crippen molar-refractivity contribution >= 4 is 0 Å². The summed E-state index contributed by atoms with van der Waals surface area (Å²) in [7, 11) is 0. The Morgan fingerprint density at radius 3 is 1.14 bits per heavy atom. The average molecular weight is 393 g/mol. The van der Waals surface area contributed by atoms with Crippen LogP contribution in [0.1, 0.15) is 162 Å². The van der Waals surface area contributed by atoms with Crippen molar-refractivity contribution in [1.29, 1.82) is 0 Å². The molecule has 0 saturated heterocycles. The van der Waals surface area contributed by atoms with Gasteiger partial charge in [0, 0.05) is 0 Å². The molecule has 0 aromatic rings. The lowest BCUT2D eigenvalue weighted by atomic mass is 9.89. The molecule has 0 rings (SSSR count). The Kier molecular flexibility index (Phi) is 24.5. The Balaban J connectivity index is 3.81. The number of allylic oxidation sites excluding steroid dienone is 1. The largest absolute Gasteiger partial charge is 0.103 e. The first-order valence-electron chi connectivity index (χ1n) is 13.5. The smallest absolute Gasteiger partial charge is 0.0353 e. The summed E-state index contributed by atoms with van der Waals surface area (Å²) in [5.41, 5.74) is 0. The third-order valence-electron chi connectivity index (χ3n) is 6.45. The van der Waals surface area contributed by atoms with E-state index in [1.807, 2.05) is 0 Å². The highest BCUT2D eigenvalue weighted by atomic mass is 14.1. The molecule has 0 aliphatic carbocycles. The van der Waals surface area contributed by atoms with Gasteiger partial charge in [0.15, 0.2) is 0 Å². The maximum absolute atomic E-state index is 3.83. The van der Waals surface area contributed by atoms with Crippen LogP contribution in [0.5, 0.6) is 0 Å². The molecule has 0 aromatic carbocycles. The van der Waals surface area contributed by atoms with Crippen molar-refractivity contribution in [2.45, 2.75) is 162 Å². The standard InChI is InChI=1S/C28H56/c1-4-7-10-13-16-19-22-25-28(26-23-20-17-14-11-8-5-2)27-24-21-18-15-12-9-6-3/h4,28H,1,5-27H2,2-3H3. The van der Waals surface area contributed by atoms with Gasteiger partial charge in [-0.15, -0.1) is 6.58 Å². The molecule has 0 saturated carbocycles. The molecule has 0 aromatic heterocycles. The Labute approximate surface area is 180 Å². The second kappa shape index (κ2) is 24.8. The van der Waals surface area contributed by atoms with Gasteiger partial charge in [0.1, 0.15) is 0 Å². The summed E-state index contributed by atoms with van der Waals surface area (Å²) >= 11 is 0. The van der Waals surface area contributed by atoms with Gasteiger partial charge in [0.25, 0.3) is 0 Å². The quantitative estimate of drug-likeness (QED) is 0.113. The molecule has 0 amide bonds. The molecule has 0 bridgehead atoms. The first-order chi connectivity index (χ1) is 13.8. The van der Waals surface area contributed by atoms with Gasteiger partial charge >= 0.3 is 0 Å². The summed E-state index contributed by atoms with van der Waals surface area (Å²) in [6.07, 6.45) is 35.3. The van der Waals surface area contributed by atoms with E-state index in [2.05, 4.69) is 26.5 Å². The summed E-state index contributed by atoms with van der Waals surface area (Å²) in [5, 5.41) is 0. The van der Waals surface area contributed by atoms with Crippen molar-refractivity contribution in [2.75, 3.05) is 0 Å². The highest BCUT2D eigenvalue weighted by Crippen LogP contribution is 2.24. The highest BCUT2D eigenvalue weighted by Gasteiger charge is 2.08. The van der Waals surface area contributed by atoms with Gasteiger partial charge in [0.05, 0.1) is 0 Å². The van der Waals surface area contributed by atoms with Crippen LogP contribution in [0.3, 0.4) is 0 Å². The van der Waals surface area contributed by atoms with Gasteiger partial charge in [-0.25, -0.2) is 0 Å². The highest BCUT2D eigenvalue weighted by molar-refractivity contribution is 4.66. The van der Waals surface area contributed by atoms with E-state index < -0.39 is 0 Å². The summed E-state index contributed by atoms with van der Waals surface area (Å²) in [5.74, 6) is 1.03. The first kappa shape index (κ1) is 27.7. The van der Waals surface area contributed by atoms with Crippen molar-refractivity contribution < 1.29 is 0 Å². The van der Waals surface area contributed by atoms with Crippen molar-refractivity contribution in [3.8, 4) is 0 Å². The number of rotatable bonds is 24. The summed E-state index contributed by atoms with van der Waals surface area (Å²) in [6.45, 7) is 8.46. The fourth-order valence-corrected chi connectivity index (χ4v) is 4.47. The van der Waals surface area contributed by atoms with Crippen LogP contribution in [-0.4, -0.2) is 0 Å². The van der Waals surface area contributed by atoms with E-state index in [4.69, 9.17) is 0 Å². The first-order valence-corrected chi connectivity index (χ1v) is 13.5. The van der Waals surface area contributed by atoms with Crippen LogP contribution < -0.4 is 0 Å². The number of unbranched alkanes of at least 4 members (excludes halogenated alkanes) is 17. The molecule has 0 unspecified atom stereocenters. The number of hydrogen-bond donors (Lipinski definition) is 0. The minimum absolute atomic E-state index is 1.03. The summed E-state index contributed by atoms with van der Waals surface area (Å²) in [4.78, 5) is 0. The van der Waals surface area contributed by atoms with Crippen LogP contribution in [0, 0.1) is 5.92 Å². The van der Waals surface area contributed by atoms with E-state index in [1.54, 1.807) is 0 Å². The third-order valence-corrected chi connectivity index (χ3v) is 6.45. The topological polar surface area (TPSA) is 0 Å². The lowest BCUT2D eigenvalue weighted by molar-refractivity contribution is 0.365. The van der Waals surface area contributed by atoms with Crippen LogP contribution in [0.15, 0.2) is 12.7 Å². The van der Waals surface area contributed by atoms with Crippen LogP contribution in [0.25, 0.3) is 0 Å². The Morgan fingerprint density at radius 2 is 0.786 bits per heavy atom. The molecule has 0 aliphatic rings. The molecule has 0 heterocycles. The second-order valence-corrected chi connectivity index (χ2v) is 9.32. The van der Waals surface area contributed by atoms with Crippen molar-refractivity contribution in [2.24, 2.45) is 5.92 Å². The minimum Gasteiger partial charge on any atom is -0.103 e. The van der Waals surface area contributed by atoms with Crippen molar-refractivity contribution in [1.82, 2.24) is 0 Å². The maximum Gasteiger partial charge on any atom is -0.0353 e. The molecule has 168 valence electrons. The van der Waals surface area contributed by atoms with E-state index in [-0.39, 0.29) is 0 Å². The summed E-state index contributed by atoms with van der Waals surface area (Å²) in [6, 6.07) is 0. The van der Waals surface area contributed by atoms with E-state index in [0.717, 1.165) is 5.92 Å². The normalized spacial score (nSPS) is 11.4. The minimum atomic E-state index is 1.03. The zero-order valence-electron chi connectivity index (χ0n) is 20.1. The molecule has 0 nitrogen and oxygen atoms in total. The van der Waals surface area contributed by atoms with Crippen LogP contribution in [0.4, 0.5) is 0 Å². The Morgan fingerprint density at radius 1 is 0.464 bits per heavy atom. The van der Waals surface area contributed by atoms with E-state index in [1.165, 1.54) is 148 Å². The zero-order valence-corrected chi connectivity index (χ0v) is 20.1. The monoisotopic (exact) mass is 392 g/mol. The molecular formula is C28H56. The van der Waals surface area contributed by atoms with Gasteiger partial charge in [-0.05, 0) is 18.8 Å². The fraction of sp³-hybridized carbons (Fsp3) is 0.929. The molecule has 0 aliphatic heterocycles. The van der Waals surface area contributed by atoms with E-state index in [9.17, 15) is 0 Å². The van der Waals surface area contributed by atoms with Gasteiger partial charge in [-0.3, -0.25) is 0 Å². The second-order valence-electron chi connectivity index (χ2n) is 9.32. The fourth-order valence-electron chi connectivity index (χ4n) is 4.47.